The third-order valence-electron chi connectivity index (χ3n) is 4.09. The first-order valence-corrected chi connectivity index (χ1v) is 8.57. The number of aromatic nitrogens is 2. The van der Waals surface area contributed by atoms with E-state index in [9.17, 15) is 9.59 Å². The van der Waals surface area contributed by atoms with Crippen LogP contribution < -0.4 is 16.2 Å². The van der Waals surface area contributed by atoms with Crippen LogP contribution in [0.25, 0.3) is 4.96 Å². The molecule has 0 bridgehead atoms. The molecule has 0 aromatic carbocycles. The van der Waals surface area contributed by atoms with Gasteiger partial charge in [0.2, 0.25) is 5.91 Å². The summed E-state index contributed by atoms with van der Waals surface area (Å²) in [7, 11) is 0. The lowest BCUT2D eigenvalue weighted by Gasteiger charge is -2.21. The van der Waals surface area contributed by atoms with Crippen molar-refractivity contribution >= 4 is 27.9 Å². The number of carbonyl (C=O) groups is 1. The lowest BCUT2D eigenvalue weighted by Crippen LogP contribution is -2.35. The summed E-state index contributed by atoms with van der Waals surface area (Å²) in [6.45, 7) is 0.834. The fourth-order valence-corrected chi connectivity index (χ4v) is 3.51. The van der Waals surface area contributed by atoms with Gasteiger partial charge in [-0.25, -0.2) is 4.98 Å². The van der Waals surface area contributed by atoms with Crippen molar-refractivity contribution in [1.82, 2.24) is 14.7 Å². The predicted octanol–water partition coefficient (Wildman–Crippen LogP) is 1.86. The van der Waals surface area contributed by atoms with Crippen LogP contribution >= 0.6 is 11.3 Å². The van der Waals surface area contributed by atoms with Crippen LogP contribution in [0.15, 0.2) is 22.6 Å². The molecule has 0 unspecified atom stereocenters. The SMILES string of the molecule is O=C(CNc1cnc2sccn2c1=O)NCC1CCCCC1. The molecule has 1 saturated carbocycles. The van der Waals surface area contributed by atoms with Crippen LogP contribution in [0.5, 0.6) is 0 Å². The molecule has 1 aliphatic carbocycles. The van der Waals surface area contributed by atoms with E-state index in [1.807, 2.05) is 5.38 Å². The first kappa shape index (κ1) is 15.0. The van der Waals surface area contributed by atoms with Crippen molar-refractivity contribution in [3.63, 3.8) is 0 Å². The van der Waals surface area contributed by atoms with Gasteiger partial charge in [-0.15, -0.1) is 11.3 Å². The van der Waals surface area contributed by atoms with Crippen LogP contribution in [0.2, 0.25) is 0 Å². The van der Waals surface area contributed by atoms with E-state index >= 15 is 0 Å². The third-order valence-corrected chi connectivity index (χ3v) is 4.87. The second kappa shape index (κ2) is 6.91. The Morgan fingerprint density at radius 2 is 2.18 bits per heavy atom. The molecule has 1 fully saturated rings. The van der Waals surface area contributed by atoms with E-state index < -0.39 is 0 Å². The third kappa shape index (κ3) is 3.47. The van der Waals surface area contributed by atoms with E-state index in [4.69, 9.17) is 0 Å². The van der Waals surface area contributed by atoms with Gasteiger partial charge in [-0.1, -0.05) is 19.3 Å². The lowest BCUT2D eigenvalue weighted by molar-refractivity contribution is -0.119. The summed E-state index contributed by atoms with van der Waals surface area (Å²) in [5.41, 5.74) is 0.176. The van der Waals surface area contributed by atoms with Gasteiger partial charge in [0.15, 0.2) is 4.96 Å². The molecular weight excluding hydrogens is 300 g/mol. The van der Waals surface area contributed by atoms with Gasteiger partial charge in [-0.05, 0) is 18.8 Å². The molecule has 7 heteroatoms. The van der Waals surface area contributed by atoms with Gasteiger partial charge in [0.1, 0.15) is 5.69 Å². The summed E-state index contributed by atoms with van der Waals surface area (Å²) < 4.78 is 1.48. The Labute approximate surface area is 132 Å². The zero-order chi connectivity index (χ0) is 15.4. The van der Waals surface area contributed by atoms with Gasteiger partial charge < -0.3 is 10.6 Å². The van der Waals surface area contributed by atoms with E-state index in [0.29, 0.717) is 16.6 Å². The van der Waals surface area contributed by atoms with Gasteiger partial charge >= 0.3 is 0 Å². The van der Waals surface area contributed by atoms with Crippen LogP contribution in [0.1, 0.15) is 32.1 Å². The summed E-state index contributed by atoms with van der Waals surface area (Å²) in [6.07, 6.45) is 9.42. The van der Waals surface area contributed by atoms with E-state index in [0.717, 1.165) is 6.54 Å². The minimum Gasteiger partial charge on any atom is -0.370 e. The molecule has 6 nitrogen and oxygen atoms in total. The van der Waals surface area contributed by atoms with Crippen molar-refractivity contribution in [3.8, 4) is 0 Å². The number of hydrogen-bond donors (Lipinski definition) is 2. The molecule has 118 valence electrons. The van der Waals surface area contributed by atoms with Crippen molar-refractivity contribution in [1.29, 1.82) is 0 Å². The maximum Gasteiger partial charge on any atom is 0.281 e. The highest BCUT2D eigenvalue weighted by Crippen LogP contribution is 2.22. The molecule has 1 amide bonds. The summed E-state index contributed by atoms with van der Waals surface area (Å²) in [4.78, 5) is 28.9. The summed E-state index contributed by atoms with van der Waals surface area (Å²) >= 11 is 1.40. The average molecular weight is 320 g/mol. The molecule has 0 aliphatic heterocycles. The zero-order valence-electron chi connectivity index (χ0n) is 12.4. The van der Waals surface area contributed by atoms with Gasteiger partial charge in [0.05, 0.1) is 12.7 Å². The van der Waals surface area contributed by atoms with Crippen molar-refractivity contribution < 1.29 is 4.79 Å². The monoisotopic (exact) mass is 320 g/mol. The van der Waals surface area contributed by atoms with E-state index in [1.165, 1.54) is 54.0 Å². The number of nitrogens with one attached hydrogen (secondary N) is 2. The highest BCUT2D eigenvalue weighted by atomic mass is 32.1. The molecule has 22 heavy (non-hydrogen) atoms. The largest absolute Gasteiger partial charge is 0.370 e. The molecule has 1 aliphatic rings. The molecule has 0 radical (unpaired) electrons. The molecule has 0 atom stereocenters. The van der Waals surface area contributed by atoms with Crippen molar-refractivity contribution in [2.45, 2.75) is 32.1 Å². The second-order valence-corrected chi connectivity index (χ2v) is 6.57. The Morgan fingerprint density at radius 3 is 3.00 bits per heavy atom. The van der Waals surface area contributed by atoms with E-state index in [2.05, 4.69) is 15.6 Å². The van der Waals surface area contributed by atoms with Crippen LogP contribution in [0, 0.1) is 5.92 Å². The standard InChI is InChI=1S/C15H20N4O2S/c20-13(17-8-11-4-2-1-3-5-11)10-16-12-9-18-15-19(14(12)21)6-7-22-15/h6-7,9,11,16H,1-5,8,10H2,(H,17,20). The predicted molar refractivity (Wildman–Crippen MR) is 87.4 cm³/mol. The topological polar surface area (TPSA) is 75.5 Å². The quantitative estimate of drug-likeness (QED) is 0.882. The number of amides is 1. The molecule has 3 rings (SSSR count). The van der Waals surface area contributed by atoms with Crippen LogP contribution in [-0.4, -0.2) is 28.4 Å². The highest BCUT2D eigenvalue weighted by molar-refractivity contribution is 7.15. The normalized spacial score (nSPS) is 15.8. The van der Waals surface area contributed by atoms with Gasteiger partial charge in [0.25, 0.3) is 5.56 Å². The Hall–Kier alpha value is -1.89. The number of rotatable bonds is 5. The van der Waals surface area contributed by atoms with Crippen molar-refractivity contribution in [2.24, 2.45) is 5.92 Å². The van der Waals surface area contributed by atoms with Crippen LogP contribution in [0.3, 0.4) is 0 Å². The Morgan fingerprint density at radius 1 is 1.36 bits per heavy atom. The Kier molecular flexibility index (Phi) is 4.72. The molecule has 2 heterocycles. The smallest absolute Gasteiger partial charge is 0.281 e. The zero-order valence-corrected chi connectivity index (χ0v) is 13.2. The molecule has 0 saturated heterocycles. The van der Waals surface area contributed by atoms with Crippen molar-refractivity contribution in [3.05, 3.63) is 28.1 Å². The van der Waals surface area contributed by atoms with Gasteiger partial charge in [-0.2, -0.15) is 0 Å². The minimum absolute atomic E-state index is 0.0830. The first-order chi connectivity index (χ1) is 10.7. The number of nitrogens with zero attached hydrogens (tertiary/aromatic N) is 2. The lowest BCUT2D eigenvalue weighted by atomic mass is 9.89. The summed E-state index contributed by atoms with van der Waals surface area (Å²) in [5.74, 6) is 0.521. The highest BCUT2D eigenvalue weighted by Gasteiger charge is 2.14. The van der Waals surface area contributed by atoms with Crippen molar-refractivity contribution in [2.75, 3.05) is 18.4 Å². The van der Waals surface area contributed by atoms with Crippen LogP contribution in [0.4, 0.5) is 5.69 Å². The Balaban J connectivity index is 1.51. The molecule has 2 aromatic heterocycles. The Bertz CT molecular complexity index is 703. The molecule has 2 aromatic rings. The maximum absolute atomic E-state index is 12.1. The van der Waals surface area contributed by atoms with Gasteiger partial charge in [-0.3, -0.25) is 14.0 Å². The number of anilines is 1. The van der Waals surface area contributed by atoms with Gasteiger partial charge in [0, 0.05) is 18.1 Å². The summed E-state index contributed by atoms with van der Waals surface area (Å²) in [6, 6.07) is 0. The summed E-state index contributed by atoms with van der Waals surface area (Å²) in [5, 5.41) is 7.63. The number of thiazole rings is 1. The molecule has 2 N–H and O–H groups in total. The van der Waals surface area contributed by atoms with E-state index in [-0.39, 0.29) is 18.0 Å². The minimum atomic E-state index is -0.175. The fourth-order valence-electron chi connectivity index (χ4n) is 2.83. The number of fused-ring (bicyclic) bond motifs is 1. The molecular formula is C15H20N4O2S. The van der Waals surface area contributed by atoms with E-state index in [1.54, 1.807) is 6.20 Å². The maximum atomic E-state index is 12.1. The average Bonchev–Trinajstić information content (AvgIpc) is 3.03. The van der Waals surface area contributed by atoms with Crippen LogP contribution in [-0.2, 0) is 4.79 Å². The fraction of sp³-hybridized carbons (Fsp3) is 0.533. The number of carbonyl (C=O) groups excluding carboxylic acids is 1. The second-order valence-electron chi connectivity index (χ2n) is 5.69. The number of hydrogen-bond acceptors (Lipinski definition) is 5. The first-order valence-electron chi connectivity index (χ1n) is 7.69. The molecule has 0 spiro atoms.